The summed E-state index contributed by atoms with van der Waals surface area (Å²) < 4.78 is 0. The van der Waals surface area contributed by atoms with Crippen LogP contribution in [0.25, 0.3) is 0 Å². The zero-order valence-corrected chi connectivity index (χ0v) is 4.82. The Morgan fingerprint density at radius 1 is 1.57 bits per heavy atom. The van der Waals surface area contributed by atoms with Gasteiger partial charge in [-0.2, -0.15) is 0 Å². The fraction of sp³-hybridized carbons (Fsp3) is 0.400. The van der Waals surface area contributed by atoms with Crippen molar-refractivity contribution in [2.24, 2.45) is 4.99 Å². The maximum atomic E-state index is 4.05. The molecule has 0 aromatic carbocycles. The first-order valence-electron chi connectivity index (χ1n) is 2.25. The predicted molar refractivity (Wildman–Crippen MR) is 34.7 cm³/mol. The molecule has 0 spiro atoms. The van der Waals surface area contributed by atoms with Crippen molar-refractivity contribution in [2.45, 2.75) is 6.42 Å². The van der Waals surface area contributed by atoms with Gasteiger partial charge in [-0.3, -0.25) is 4.99 Å². The fourth-order valence-corrected chi connectivity index (χ4v) is 0.922. The smallest absolute Gasteiger partial charge is 0.0880 e. The highest BCUT2D eigenvalue weighted by atomic mass is 32.2. The second kappa shape index (κ2) is 2.86. The van der Waals surface area contributed by atoms with E-state index in [0.29, 0.717) is 0 Å². The van der Waals surface area contributed by atoms with Gasteiger partial charge in [0.1, 0.15) is 0 Å². The molecule has 0 unspecified atom stereocenters. The second-order valence-electron chi connectivity index (χ2n) is 1.27. The van der Waals surface area contributed by atoms with E-state index in [-0.39, 0.29) is 0 Å². The van der Waals surface area contributed by atoms with Gasteiger partial charge in [0.05, 0.1) is 5.88 Å². The molecular weight excluding hydrogens is 106 g/mol. The molecule has 0 aromatic rings. The third kappa shape index (κ3) is 1.78. The quantitative estimate of drug-likeness (QED) is 0.465. The molecule has 0 aliphatic carbocycles. The molecule has 0 amide bonds. The summed E-state index contributed by atoms with van der Waals surface area (Å²) in [6, 6.07) is 0. The van der Waals surface area contributed by atoms with Crippen molar-refractivity contribution in [3.8, 4) is 0 Å². The monoisotopic (exact) mass is 113 g/mol. The van der Waals surface area contributed by atoms with Crippen LogP contribution < -0.4 is 0 Å². The molecule has 0 aromatic heterocycles. The second-order valence-corrected chi connectivity index (χ2v) is 2.13. The van der Waals surface area contributed by atoms with Crippen molar-refractivity contribution in [1.82, 2.24) is 0 Å². The van der Waals surface area contributed by atoms with E-state index in [9.17, 15) is 0 Å². The Labute approximate surface area is 47.5 Å². The van der Waals surface area contributed by atoms with Gasteiger partial charge in [0.25, 0.3) is 0 Å². The van der Waals surface area contributed by atoms with Gasteiger partial charge in [-0.05, 0) is 5.41 Å². The van der Waals surface area contributed by atoms with Crippen molar-refractivity contribution < 1.29 is 0 Å². The molecule has 1 nitrogen and oxygen atoms in total. The van der Waals surface area contributed by atoms with Crippen LogP contribution in [-0.2, 0) is 0 Å². The van der Waals surface area contributed by atoms with E-state index >= 15 is 0 Å². The highest BCUT2D eigenvalue weighted by Gasteiger charge is 1.80. The Balaban J connectivity index is 2.38. The fourth-order valence-electron chi connectivity index (χ4n) is 0.398. The Bertz CT molecular complexity index is 84.3. The summed E-state index contributed by atoms with van der Waals surface area (Å²) in [5.41, 5.74) is 0. The molecule has 0 radical (unpaired) electrons. The van der Waals surface area contributed by atoms with Crippen molar-refractivity contribution in [3.63, 3.8) is 0 Å². The zero-order chi connectivity index (χ0) is 4.95. The lowest BCUT2D eigenvalue weighted by Crippen LogP contribution is -1.66. The Hall–Kier alpha value is -0.240. The van der Waals surface area contributed by atoms with E-state index in [2.05, 4.69) is 16.5 Å². The Morgan fingerprint density at radius 2 is 2.57 bits per heavy atom. The number of rotatable bonds is 0. The number of hydrogen-bond acceptors (Lipinski definition) is 2. The normalized spacial score (nSPS) is 19.4. The standard InChI is InChI=1S/C5H7NS/c1-2-4-7-5-6-3-1/h2-4H,1,5H2. The summed E-state index contributed by atoms with van der Waals surface area (Å²) in [6.07, 6.45) is 5.06. The highest BCUT2D eigenvalue weighted by Crippen LogP contribution is 2.04. The molecule has 1 aliphatic rings. The SMILES string of the molecule is C1=CSCN=CC1. The number of nitrogens with zero attached hydrogens (tertiary/aromatic N) is 1. The van der Waals surface area contributed by atoms with Crippen LogP contribution in [0.5, 0.6) is 0 Å². The van der Waals surface area contributed by atoms with Crippen LogP contribution >= 0.6 is 11.8 Å². The minimum Gasteiger partial charge on any atom is -0.286 e. The largest absolute Gasteiger partial charge is 0.286 e. The first kappa shape index (κ1) is 4.91. The molecule has 1 aliphatic heterocycles. The number of allylic oxidation sites excluding steroid dienone is 1. The van der Waals surface area contributed by atoms with Crippen LogP contribution in [-0.4, -0.2) is 12.1 Å². The van der Waals surface area contributed by atoms with Crippen LogP contribution in [0.2, 0.25) is 0 Å². The summed E-state index contributed by atoms with van der Waals surface area (Å²) in [4.78, 5) is 4.05. The lowest BCUT2D eigenvalue weighted by atomic mass is 10.5. The number of hydrogen-bond donors (Lipinski definition) is 0. The van der Waals surface area contributed by atoms with Crippen LogP contribution in [0.1, 0.15) is 6.42 Å². The molecule has 0 fully saturated rings. The Morgan fingerprint density at radius 3 is 3.57 bits per heavy atom. The van der Waals surface area contributed by atoms with Gasteiger partial charge in [0, 0.05) is 12.6 Å². The summed E-state index contributed by atoms with van der Waals surface area (Å²) in [6.45, 7) is 0. The Kier molecular flexibility index (Phi) is 2.00. The van der Waals surface area contributed by atoms with Crippen molar-refractivity contribution >= 4 is 18.0 Å². The van der Waals surface area contributed by atoms with Gasteiger partial charge in [-0.25, -0.2) is 0 Å². The van der Waals surface area contributed by atoms with Crippen LogP contribution in [0.3, 0.4) is 0 Å². The molecule has 1 heterocycles. The summed E-state index contributed by atoms with van der Waals surface area (Å²) >= 11 is 1.74. The third-order valence-electron chi connectivity index (χ3n) is 0.712. The average molecular weight is 113 g/mol. The molecule has 0 saturated heterocycles. The minimum absolute atomic E-state index is 0.899. The molecule has 0 N–H and O–H groups in total. The highest BCUT2D eigenvalue weighted by molar-refractivity contribution is 8.02. The maximum absolute atomic E-state index is 4.05. The zero-order valence-electron chi connectivity index (χ0n) is 4.00. The van der Waals surface area contributed by atoms with Crippen molar-refractivity contribution in [1.29, 1.82) is 0 Å². The van der Waals surface area contributed by atoms with Gasteiger partial charge in [-0.15, -0.1) is 11.8 Å². The van der Waals surface area contributed by atoms with E-state index in [1.807, 2.05) is 6.21 Å². The van der Waals surface area contributed by atoms with Gasteiger partial charge in [-0.1, -0.05) is 6.08 Å². The van der Waals surface area contributed by atoms with Crippen LogP contribution in [0, 0.1) is 0 Å². The van der Waals surface area contributed by atoms with Gasteiger partial charge in [0.2, 0.25) is 0 Å². The number of aliphatic imine (C=N–C) groups is 1. The third-order valence-corrected chi connectivity index (χ3v) is 1.40. The average Bonchev–Trinajstić information content (AvgIpc) is 1.90. The van der Waals surface area contributed by atoms with E-state index < -0.39 is 0 Å². The molecule has 0 bridgehead atoms. The predicted octanol–water partition coefficient (Wildman–Crippen LogP) is 1.67. The van der Waals surface area contributed by atoms with Gasteiger partial charge < -0.3 is 0 Å². The molecular formula is C5H7NS. The summed E-state index contributed by atoms with van der Waals surface area (Å²) in [5.74, 6) is 0.899. The summed E-state index contributed by atoms with van der Waals surface area (Å²) in [7, 11) is 0. The van der Waals surface area contributed by atoms with E-state index in [1.54, 1.807) is 11.8 Å². The van der Waals surface area contributed by atoms with Crippen molar-refractivity contribution in [2.75, 3.05) is 5.88 Å². The van der Waals surface area contributed by atoms with E-state index in [0.717, 1.165) is 12.3 Å². The summed E-state index contributed by atoms with van der Waals surface area (Å²) in [5, 5.41) is 2.09. The van der Waals surface area contributed by atoms with E-state index in [4.69, 9.17) is 0 Å². The van der Waals surface area contributed by atoms with Crippen molar-refractivity contribution in [3.05, 3.63) is 11.5 Å². The molecule has 2 heteroatoms. The topological polar surface area (TPSA) is 12.4 Å². The lowest BCUT2D eigenvalue weighted by molar-refractivity contribution is 1.37. The molecule has 1 rings (SSSR count). The molecule has 0 atom stereocenters. The molecule has 38 valence electrons. The lowest BCUT2D eigenvalue weighted by Gasteiger charge is -1.77. The maximum Gasteiger partial charge on any atom is 0.0880 e. The van der Waals surface area contributed by atoms with Crippen LogP contribution in [0.4, 0.5) is 0 Å². The minimum atomic E-state index is 0.899. The first-order chi connectivity index (χ1) is 3.50. The van der Waals surface area contributed by atoms with Gasteiger partial charge in [0.15, 0.2) is 0 Å². The number of thioether (sulfide) groups is 1. The molecule has 0 saturated carbocycles. The first-order valence-corrected chi connectivity index (χ1v) is 3.30. The molecule has 7 heavy (non-hydrogen) atoms. The van der Waals surface area contributed by atoms with Gasteiger partial charge >= 0.3 is 0 Å². The van der Waals surface area contributed by atoms with Crippen LogP contribution in [0.15, 0.2) is 16.5 Å². The van der Waals surface area contributed by atoms with E-state index in [1.165, 1.54) is 0 Å².